The lowest BCUT2D eigenvalue weighted by Gasteiger charge is -2.07. The highest BCUT2D eigenvalue weighted by atomic mass is 16.4. The molecule has 14 heavy (non-hydrogen) atoms. The SMILES string of the molecule is Cc1ccnc(C)c1NC(=O)C(=O)O. The molecule has 0 unspecified atom stereocenters. The molecule has 1 aromatic heterocycles. The number of rotatable bonds is 1. The molecule has 0 saturated carbocycles. The van der Waals surface area contributed by atoms with Gasteiger partial charge in [-0.25, -0.2) is 4.79 Å². The average Bonchev–Trinajstić information content (AvgIpc) is 2.11. The van der Waals surface area contributed by atoms with E-state index in [0.717, 1.165) is 5.56 Å². The zero-order chi connectivity index (χ0) is 10.7. The second-order valence-corrected chi connectivity index (χ2v) is 2.85. The Bertz CT molecular complexity index is 367. The topological polar surface area (TPSA) is 79.3 Å². The van der Waals surface area contributed by atoms with E-state index in [0.29, 0.717) is 11.4 Å². The van der Waals surface area contributed by atoms with Gasteiger partial charge < -0.3 is 10.4 Å². The Morgan fingerprint density at radius 3 is 2.57 bits per heavy atom. The monoisotopic (exact) mass is 194 g/mol. The van der Waals surface area contributed by atoms with E-state index in [2.05, 4.69) is 10.3 Å². The lowest BCUT2D eigenvalue weighted by Crippen LogP contribution is -2.23. The minimum atomic E-state index is -1.51. The quantitative estimate of drug-likeness (QED) is 0.645. The van der Waals surface area contributed by atoms with Crippen LogP contribution in [0.4, 0.5) is 5.69 Å². The van der Waals surface area contributed by atoms with E-state index >= 15 is 0 Å². The van der Waals surface area contributed by atoms with Crippen molar-refractivity contribution in [3.63, 3.8) is 0 Å². The summed E-state index contributed by atoms with van der Waals surface area (Å²) in [7, 11) is 0. The number of aromatic nitrogens is 1. The number of carbonyl (C=O) groups excluding carboxylic acids is 1. The summed E-state index contributed by atoms with van der Waals surface area (Å²) < 4.78 is 0. The Balaban J connectivity index is 2.97. The minimum Gasteiger partial charge on any atom is -0.474 e. The number of anilines is 1. The fourth-order valence-electron chi connectivity index (χ4n) is 1.05. The van der Waals surface area contributed by atoms with Crippen LogP contribution < -0.4 is 5.32 Å². The zero-order valence-corrected chi connectivity index (χ0v) is 7.87. The number of aryl methyl sites for hydroxylation is 2. The summed E-state index contributed by atoms with van der Waals surface area (Å²) in [6.45, 7) is 3.47. The van der Waals surface area contributed by atoms with Crippen LogP contribution in [0, 0.1) is 13.8 Å². The van der Waals surface area contributed by atoms with Gasteiger partial charge in [-0.1, -0.05) is 0 Å². The van der Waals surface area contributed by atoms with Gasteiger partial charge in [-0.05, 0) is 25.5 Å². The van der Waals surface area contributed by atoms with Crippen molar-refractivity contribution in [3.05, 3.63) is 23.5 Å². The lowest BCUT2D eigenvalue weighted by atomic mass is 10.2. The Labute approximate surface area is 80.8 Å². The number of aliphatic carboxylic acids is 1. The summed E-state index contributed by atoms with van der Waals surface area (Å²) in [6.07, 6.45) is 1.60. The van der Waals surface area contributed by atoms with Gasteiger partial charge in [0, 0.05) is 6.20 Å². The number of amides is 1. The number of nitrogens with one attached hydrogen (secondary N) is 1. The molecule has 0 aliphatic carbocycles. The van der Waals surface area contributed by atoms with Crippen LogP contribution in [0.2, 0.25) is 0 Å². The molecule has 1 aromatic rings. The molecule has 1 amide bonds. The smallest absolute Gasteiger partial charge is 0.394 e. The molecule has 1 heterocycles. The van der Waals surface area contributed by atoms with Gasteiger partial charge in [0.2, 0.25) is 0 Å². The van der Waals surface area contributed by atoms with Crippen LogP contribution in [0.1, 0.15) is 11.3 Å². The molecule has 5 nitrogen and oxygen atoms in total. The van der Waals surface area contributed by atoms with E-state index in [1.165, 1.54) is 0 Å². The van der Waals surface area contributed by atoms with Gasteiger partial charge in [0.1, 0.15) is 0 Å². The molecule has 0 saturated heterocycles. The predicted molar refractivity (Wildman–Crippen MR) is 50.0 cm³/mol. The van der Waals surface area contributed by atoms with Crippen molar-refractivity contribution >= 4 is 17.6 Å². The second kappa shape index (κ2) is 3.87. The number of nitrogens with zero attached hydrogens (tertiary/aromatic N) is 1. The lowest BCUT2D eigenvalue weighted by molar-refractivity contribution is -0.147. The Morgan fingerprint density at radius 1 is 1.43 bits per heavy atom. The molecule has 0 spiro atoms. The molecule has 2 N–H and O–H groups in total. The predicted octanol–water partition coefficient (Wildman–Crippen LogP) is 0.722. The standard InChI is InChI=1S/C9H10N2O3/c1-5-3-4-10-6(2)7(5)11-8(12)9(13)14/h3-4H,1-2H3,(H,11,12)(H,13,14). The molecule has 0 radical (unpaired) electrons. The maximum absolute atomic E-state index is 10.9. The molecule has 5 heteroatoms. The van der Waals surface area contributed by atoms with Crippen LogP contribution in [0.5, 0.6) is 0 Å². The highest BCUT2D eigenvalue weighted by Gasteiger charge is 2.13. The van der Waals surface area contributed by atoms with Crippen LogP contribution in [-0.2, 0) is 9.59 Å². The summed E-state index contributed by atoms with van der Waals surface area (Å²) in [5.74, 6) is -2.56. The molecule has 0 atom stereocenters. The fourth-order valence-corrected chi connectivity index (χ4v) is 1.05. The molecule has 0 bridgehead atoms. The number of carboxylic acids is 1. The molecule has 0 aliphatic heterocycles. The first-order valence-electron chi connectivity index (χ1n) is 3.99. The summed E-state index contributed by atoms with van der Waals surface area (Å²) in [4.78, 5) is 25.1. The van der Waals surface area contributed by atoms with Crippen LogP contribution in [-0.4, -0.2) is 22.0 Å². The molecule has 0 fully saturated rings. The van der Waals surface area contributed by atoms with Crippen molar-refractivity contribution in [2.45, 2.75) is 13.8 Å². The largest absolute Gasteiger partial charge is 0.474 e. The normalized spacial score (nSPS) is 9.57. The molecule has 1 rings (SSSR count). The van der Waals surface area contributed by atoms with E-state index in [1.807, 2.05) is 0 Å². The van der Waals surface area contributed by atoms with Gasteiger partial charge in [-0.3, -0.25) is 9.78 Å². The highest BCUT2D eigenvalue weighted by molar-refractivity contribution is 6.36. The third-order valence-corrected chi connectivity index (χ3v) is 1.78. The van der Waals surface area contributed by atoms with Crippen molar-refractivity contribution in [3.8, 4) is 0 Å². The maximum atomic E-state index is 10.9. The number of pyridine rings is 1. The van der Waals surface area contributed by atoms with E-state index in [1.54, 1.807) is 26.1 Å². The maximum Gasteiger partial charge on any atom is 0.394 e. The number of hydrogen-bond acceptors (Lipinski definition) is 3. The van der Waals surface area contributed by atoms with Crippen molar-refractivity contribution in [2.24, 2.45) is 0 Å². The first-order chi connectivity index (χ1) is 6.52. The summed E-state index contributed by atoms with van der Waals surface area (Å²) in [5, 5.41) is 10.7. The molecule has 0 aliphatic rings. The van der Waals surface area contributed by atoms with E-state index in [4.69, 9.17) is 5.11 Å². The third kappa shape index (κ3) is 2.07. The van der Waals surface area contributed by atoms with E-state index in [-0.39, 0.29) is 0 Å². The van der Waals surface area contributed by atoms with Gasteiger partial charge in [0.25, 0.3) is 0 Å². The number of carbonyl (C=O) groups is 2. The van der Waals surface area contributed by atoms with E-state index < -0.39 is 11.9 Å². The van der Waals surface area contributed by atoms with Crippen LogP contribution >= 0.6 is 0 Å². The van der Waals surface area contributed by atoms with Crippen LogP contribution in [0.25, 0.3) is 0 Å². The highest BCUT2D eigenvalue weighted by Crippen LogP contribution is 2.16. The van der Waals surface area contributed by atoms with Crippen LogP contribution in [0.3, 0.4) is 0 Å². The van der Waals surface area contributed by atoms with Gasteiger partial charge in [0.15, 0.2) is 0 Å². The summed E-state index contributed by atoms with van der Waals surface area (Å²) >= 11 is 0. The van der Waals surface area contributed by atoms with Crippen molar-refractivity contribution in [1.29, 1.82) is 0 Å². The zero-order valence-electron chi connectivity index (χ0n) is 7.87. The summed E-state index contributed by atoms with van der Waals surface area (Å²) in [5.41, 5.74) is 1.84. The van der Waals surface area contributed by atoms with E-state index in [9.17, 15) is 9.59 Å². The Morgan fingerprint density at radius 2 is 2.07 bits per heavy atom. The molecular weight excluding hydrogens is 184 g/mol. The first kappa shape index (κ1) is 10.2. The second-order valence-electron chi connectivity index (χ2n) is 2.85. The van der Waals surface area contributed by atoms with Crippen molar-refractivity contribution in [2.75, 3.05) is 5.32 Å². The summed E-state index contributed by atoms with van der Waals surface area (Å²) in [6, 6.07) is 1.70. The van der Waals surface area contributed by atoms with Crippen LogP contribution in [0.15, 0.2) is 12.3 Å². The fraction of sp³-hybridized carbons (Fsp3) is 0.222. The average molecular weight is 194 g/mol. The molecule has 74 valence electrons. The first-order valence-corrected chi connectivity index (χ1v) is 3.99. The van der Waals surface area contributed by atoms with Crippen molar-refractivity contribution < 1.29 is 14.7 Å². The van der Waals surface area contributed by atoms with Gasteiger partial charge >= 0.3 is 11.9 Å². The third-order valence-electron chi connectivity index (χ3n) is 1.78. The Kier molecular flexibility index (Phi) is 2.81. The Hall–Kier alpha value is -1.91. The van der Waals surface area contributed by atoms with Gasteiger partial charge in [-0.15, -0.1) is 0 Å². The van der Waals surface area contributed by atoms with Crippen molar-refractivity contribution in [1.82, 2.24) is 4.98 Å². The van der Waals surface area contributed by atoms with Gasteiger partial charge in [0.05, 0.1) is 11.4 Å². The number of carboxylic acid groups (broad SMARTS) is 1. The molecule has 0 aromatic carbocycles. The molecular formula is C9H10N2O3. The number of hydrogen-bond donors (Lipinski definition) is 2. The minimum absolute atomic E-state index is 0.458. The van der Waals surface area contributed by atoms with Gasteiger partial charge in [-0.2, -0.15) is 0 Å².